The van der Waals surface area contributed by atoms with Crippen LogP contribution in [0.1, 0.15) is 27.0 Å². The van der Waals surface area contributed by atoms with Crippen LogP contribution in [0.5, 0.6) is 0 Å². The first kappa shape index (κ1) is 15.3. The quantitative estimate of drug-likeness (QED) is 0.802. The Labute approximate surface area is 136 Å². The molecule has 0 bridgehead atoms. The van der Waals surface area contributed by atoms with Crippen LogP contribution in [0.15, 0.2) is 48.5 Å². The summed E-state index contributed by atoms with van der Waals surface area (Å²) < 4.78 is 0. The molecule has 0 radical (unpaired) electrons. The maximum atomic E-state index is 12.8. The van der Waals surface area contributed by atoms with Crippen molar-refractivity contribution in [2.24, 2.45) is 0 Å². The van der Waals surface area contributed by atoms with Crippen LogP contribution < -0.4 is 0 Å². The van der Waals surface area contributed by atoms with Gasteiger partial charge in [-0.1, -0.05) is 48.0 Å². The Bertz CT molecular complexity index is 662. The van der Waals surface area contributed by atoms with Crippen LogP contribution in [0.2, 0.25) is 0 Å². The van der Waals surface area contributed by atoms with Gasteiger partial charge in [0.25, 0.3) is 0 Å². The van der Waals surface area contributed by atoms with Crippen molar-refractivity contribution in [1.82, 2.24) is 4.90 Å². The van der Waals surface area contributed by atoms with Gasteiger partial charge in [0, 0.05) is 42.3 Å². The third kappa shape index (κ3) is 3.60. The number of nitrogens with zero attached hydrogens (tertiary/aromatic N) is 1. The lowest BCUT2D eigenvalue weighted by molar-refractivity contribution is 0.103. The van der Waals surface area contributed by atoms with Crippen molar-refractivity contribution in [2.75, 3.05) is 24.6 Å². The molecular formula is C19H21NOS. The summed E-state index contributed by atoms with van der Waals surface area (Å²) in [5.41, 5.74) is 3.88. The van der Waals surface area contributed by atoms with E-state index in [4.69, 9.17) is 0 Å². The van der Waals surface area contributed by atoms with E-state index in [1.807, 2.05) is 61.2 Å². The second-order valence-corrected chi connectivity index (χ2v) is 6.97. The SMILES string of the molecule is Cc1cccc(C(=O)c2ccccc2CN2CCSCC2)c1. The molecule has 2 aromatic carbocycles. The monoisotopic (exact) mass is 311 g/mol. The third-order valence-electron chi connectivity index (χ3n) is 4.04. The molecule has 1 aliphatic rings. The number of carbonyl (C=O) groups excluding carboxylic acids is 1. The van der Waals surface area contributed by atoms with E-state index in [-0.39, 0.29) is 5.78 Å². The largest absolute Gasteiger partial charge is 0.297 e. The van der Waals surface area contributed by atoms with Gasteiger partial charge < -0.3 is 0 Å². The van der Waals surface area contributed by atoms with Gasteiger partial charge in [-0.2, -0.15) is 11.8 Å². The summed E-state index contributed by atoms with van der Waals surface area (Å²) in [6.07, 6.45) is 0. The minimum absolute atomic E-state index is 0.130. The Balaban J connectivity index is 1.85. The third-order valence-corrected chi connectivity index (χ3v) is 4.98. The van der Waals surface area contributed by atoms with Crippen LogP contribution >= 0.6 is 11.8 Å². The molecule has 0 unspecified atom stereocenters. The number of hydrogen-bond donors (Lipinski definition) is 0. The fraction of sp³-hybridized carbons (Fsp3) is 0.316. The normalized spacial score (nSPS) is 15.7. The fourth-order valence-electron chi connectivity index (χ4n) is 2.82. The van der Waals surface area contributed by atoms with Crippen molar-refractivity contribution in [1.29, 1.82) is 0 Å². The summed E-state index contributed by atoms with van der Waals surface area (Å²) in [5, 5.41) is 0. The maximum absolute atomic E-state index is 12.8. The lowest BCUT2D eigenvalue weighted by atomic mass is 9.97. The van der Waals surface area contributed by atoms with Crippen molar-refractivity contribution in [3.63, 3.8) is 0 Å². The summed E-state index contributed by atoms with van der Waals surface area (Å²) in [6.45, 7) is 5.11. The molecule has 0 atom stereocenters. The molecule has 0 aliphatic carbocycles. The summed E-state index contributed by atoms with van der Waals surface area (Å²) >= 11 is 2.01. The molecule has 1 heterocycles. The summed E-state index contributed by atoms with van der Waals surface area (Å²) in [7, 11) is 0. The molecule has 0 aromatic heterocycles. The predicted octanol–water partition coefficient (Wildman–Crippen LogP) is 3.77. The average molecular weight is 311 g/mol. The Morgan fingerprint density at radius 1 is 1.09 bits per heavy atom. The zero-order chi connectivity index (χ0) is 15.4. The van der Waals surface area contributed by atoms with E-state index >= 15 is 0 Å². The Hall–Kier alpha value is -1.58. The van der Waals surface area contributed by atoms with Crippen LogP contribution in [0.3, 0.4) is 0 Å². The fourth-order valence-corrected chi connectivity index (χ4v) is 3.80. The van der Waals surface area contributed by atoms with E-state index in [0.29, 0.717) is 0 Å². The molecule has 2 aromatic rings. The van der Waals surface area contributed by atoms with Crippen molar-refractivity contribution < 1.29 is 4.79 Å². The molecule has 1 aliphatic heterocycles. The Morgan fingerprint density at radius 2 is 1.86 bits per heavy atom. The van der Waals surface area contributed by atoms with E-state index in [1.165, 1.54) is 11.5 Å². The molecule has 2 nitrogen and oxygen atoms in total. The highest BCUT2D eigenvalue weighted by Crippen LogP contribution is 2.19. The van der Waals surface area contributed by atoms with Gasteiger partial charge in [-0.25, -0.2) is 0 Å². The molecule has 0 amide bonds. The highest BCUT2D eigenvalue weighted by atomic mass is 32.2. The van der Waals surface area contributed by atoms with E-state index in [0.717, 1.165) is 41.9 Å². The van der Waals surface area contributed by atoms with Gasteiger partial charge in [-0.15, -0.1) is 0 Å². The second-order valence-electron chi connectivity index (χ2n) is 5.74. The molecule has 114 valence electrons. The number of rotatable bonds is 4. The van der Waals surface area contributed by atoms with Crippen LogP contribution in [0.4, 0.5) is 0 Å². The van der Waals surface area contributed by atoms with Crippen molar-refractivity contribution in [3.8, 4) is 0 Å². The van der Waals surface area contributed by atoms with Gasteiger partial charge in [0.15, 0.2) is 5.78 Å². The highest BCUT2D eigenvalue weighted by molar-refractivity contribution is 7.99. The van der Waals surface area contributed by atoms with Gasteiger partial charge in [0.1, 0.15) is 0 Å². The first-order chi connectivity index (χ1) is 10.7. The molecule has 0 saturated carbocycles. The number of ketones is 1. The van der Waals surface area contributed by atoms with Gasteiger partial charge in [-0.05, 0) is 18.6 Å². The molecule has 1 fully saturated rings. The van der Waals surface area contributed by atoms with E-state index in [9.17, 15) is 4.79 Å². The maximum Gasteiger partial charge on any atom is 0.193 e. The van der Waals surface area contributed by atoms with E-state index in [1.54, 1.807) is 0 Å². The number of hydrogen-bond acceptors (Lipinski definition) is 3. The molecular weight excluding hydrogens is 290 g/mol. The van der Waals surface area contributed by atoms with Gasteiger partial charge in [-0.3, -0.25) is 9.69 Å². The molecule has 1 saturated heterocycles. The molecule has 22 heavy (non-hydrogen) atoms. The number of benzene rings is 2. The van der Waals surface area contributed by atoms with Crippen LogP contribution in [-0.4, -0.2) is 35.3 Å². The smallest absolute Gasteiger partial charge is 0.193 e. The van der Waals surface area contributed by atoms with E-state index in [2.05, 4.69) is 11.0 Å². The second kappa shape index (κ2) is 7.12. The van der Waals surface area contributed by atoms with Gasteiger partial charge in [0.2, 0.25) is 0 Å². The van der Waals surface area contributed by atoms with Gasteiger partial charge in [0.05, 0.1) is 0 Å². The minimum Gasteiger partial charge on any atom is -0.297 e. The number of thioether (sulfide) groups is 1. The van der Waals surface area contributed by atoms with Crippen molar-refractivity contribution >= 4 is 17.5 Å². The lowest BCUT2D eigenvalue weighted by Gasteiger charge is -2.26. The Morgan fingerprint density at radius 3 is 2.64 bits per heavy atom. The number of carbonyl (C=O) groups is 1. The Kier molecular flexibility index (Phi) is 4.96. The molecule has 0 N–H and O–H groups in total. The van der Waals surface area contributed by atoms with Crippen molar-refractivity contribution in [2.45, 2.75) is 13.5 Å². The lowest BCUT2D eigenvalue weighted by Crippen LogP contribution is -2.32. The zero-order valence-electron chi connectivity index (χ0n) is 12.9. The minimum atomic E-state index is 0.130. The van der Waals surface area contributed by atoms with Crippen LogP contribution in [-0.2, 0) is 6.54 Å². The van der Waals surface area contributed by atoms with Crippen molar-refractivity contribution in [3.05, 3.63) is 70.8 Å². The van der Waals surface area contributed by atoms with Gasteiger partial charge >= 0.3 is 0 Å². The van der Waals surface area contributed by atoms with Crippen LogP contribution in [0.25, 0.3) is 0 Å². The first-order valence-electron chi connectivity index (χ1n) is 7.73. The van der Waals surface area contributed by atoms with E-state index < -0.39 is 0 Å². The first-order valence-corrected chi connectivity index (χ1v) is 8.89. The average Bonchev–Trinajstić information content (AvgIpc) is 2.56. The molecule has 3 rings (SSSR count). The standard InChI is InChI=1S/C19H21NOS/c1-15-5-4-7-16(13-15)19(21)18-8-3-2-6-17(18)14-20-9-11-22-12-10-20/h2-8,13H,9-12,14H2,1H3. The topological polar surface area (TPSA) is 20.3 Å². The summed E-state index contributed by atoms with van der Waals surface area (Å²) in [5.74, 6) is 2.51. The predicted molar refractivity (Wildman–Crippen MR) is 93.7 cm³/mol. The highest BCUT2D eigenvalue weighted by Gasteiger charge is 2.17. The summed E-state index contributed by atoms with van der Waals surface area (Å²) in [6, 6.07) is 15.9. The van der Waals surface area contributed by atoms with Crippen LogP contribution in [0, 0.1) is 6.92 Å². The molecule has 0 spiro atoms. The number of aryl methyl sites for hydroxylation is 1. The molecule has 3 heteroatoms. The summed E-state index contributed by atoms with van der Waals surface area (Å²) in [4.78, 5) is 15.3. The zero-order valence-corrected chi connectivity index (χ0v) is 13.7.